The summed E-state index contributed by atoms with van der Waals surface area (Å²) in [6, 6.07) is 6.82. The smallest absolute Gasteiger partial charge is 0.319 e. The number of aliphatic hydroxyl groups is 1. The average Bonchev–Trinajstić information content (AvgIpc) is 3.06. The molecule has 1 heterocycles. The summed E-state index contributed by atoms with van der Waals surface area (Å²) >= 11 is 0. The number of carbonyl (C=O) groups is 1. The number of benzene rings is 1. The van der Waals surface area contributed by atoms with Crippen molar-refractivity contribution in [3.8, 4) is 6.07 Å². The fraction of sp³-hybridized carbons (Fsp3) is 0.579. The highest BCUT2D eigenvalue weighted by atomic mass is 16.5. The van der Waals surface area contributed by atoms with Crippen LogP contribution >= 0.6 is 0 Å². The van der Waals surface area contributed by atoms with Crippen molar-refractivity contribution in [1.29, 1.82) is 5.26 Å². The van der Waals surface area contributed by atoms with E-state index in [9.17, 15) is 9.90 Å². The van der Waals surface area contributed by atoms with Crippen LogP contribution in [0.1, 0.15) is 43.2 Å². The Kier molecular flexibility index (Phi) is 5.26. The van der Waals surface area contributed by atoms with Gasteiger partial charge in [0.05, 0.1) is 30.4 Å². The first-order valence-corrected chi connectivity index (χ1v) is 8.88. The van der Waals surface area contributed by atoms with E-state index in [-0.39, 0.29) is 30.2 Å². The minimum absolute atomic E-state index is 0.0506. The van der Waals surface area contributed by atoms with Crippen LogP contribution in [0.5, 0.6) is 0 Å². The van der Waals surface area contributed by atoms with Crippen LogP contribution in [0, 0.1) is 23.7 Å². The van der Waals surface area contributed by atoms with Crippen molar-refractivity contribution in [2.75, 3.05) is 18.5 Å². The Morgan fingerprint density at radius 3 is 2.80 bits per heavy atom. The van der Waals surface area contributed by atoms with Crippen molar-refractivity contribution in [1.82, 2.24) is 5.32 Å². The lowest BCUT2D eigenvalue weighted by atomic mass is 9.63. The summed E-state index contributed by atoms with van der Waals surface area (Å²) in [6.07, 6.45) is 4.70. The molecule has 0 radical (unpaired) electrons. The van der Waals surface area contributed by atoms with E-state index in [0.717, 1.165) is 37.7 Å². The number of urea groups is 1. The fourth-order valence-electron chi connectivity index (χ4n) is 3.93. The van der Waals surface area contributed by atoms with E-state index in [1.807, 2.05) is 13.0 Å². The maximum atomic E-state index is 12.6. The zero-order valence-corrected chi connectivity index (χ0v) is 14.5. The molecule has 1 saturated carbocycles. The van der Waals surface area contributed by atoms with Crippen molar-refractivity contribution < 1.29 is 14.6 Å². The van der Waals surface area contributed by atoms with Crippen molar-refractivity contribution in [3.63, 3.8) is 0 Å². The Hall–Kier alpha value is -2.10. The van der Waals surface area contributed by atoms with Gasteiger partial charge in [-0.2, -0.15) is 5.26 Å². The van der Waals surface area contributed by atoms with E-state index in [1.165, 1.54) is 0 Å². The quantitative estimate of drug-likeness (QED) is 0.766. The Labute approximate surface area is 148 Å². The van der Waals surface area contributed by atoms with Gasteiger partial charge in [-0.1, -0.05) is 6.42 Å². The summed E-state index contributed by atoms with van der Waals surface area (Å²) in [5, 5.41) is 24.8. The Morgan fingerprint density at radius 2 is 2.24 bits per heavy atom. The Balaban J connectivity index is 1.72. The van der Waals surface area contributed by atoms with Crippen LogP contribution in [0.15, 0.2) is 18.2 Å². The summed E-state index contributed by atoms with van der Waals surface area (Å²) in [7, 11) is 0. The molecule has 3 rings (SSSR count). The lowest BCUT2D eigenvalue weighted by Crippen LogP contribution is -2.59. The number of anilines is 1. The Bertz CT molecular complexity index is 667. The summed E-state index contributed by atoms with van der Waals surface area (Å²) in [5.41, 5.74) is 1.73. The van der Waals surface area contributed by atoms with Gasteiger partial charge in [0, 0.05) is 17.7 Å². The third-order valence-corrected chi connectivity index (χ3v) is 5.41. The number of rotatable bonds is 5. The molecule has 2 fully saturated rings. The van der Waals surface area contributed by atoms with Crippen molar-refractivity contribution in [2.24, 2.45) is 5.41 Å². The van der Waals surface area contributed by atoms with E-state index >= 15 is 0 Å². The molecule has 134 valence electrons. The van der Waals surface area contributed by atoms with Gasteiger partial charge in [0.2, 0.25) is 0 Å². The molecule has 6 heteroatoms. The maximum Gasteiger partial charge on any atom is 0.319 e. The van der Waals surface area contributed by atoms with E-state index in [0.29, 0.717) is 17.9 Å². The van der Waals surface area contributed by atoms with Crippen LogP contribution in [0.3, 0.4) is 0 Å². The van der Waals surface area contributed by atoms with Crippen LogP contribution < -0.4 is 10.6 Å². The molecule has 1 aromatic rings. The zero-order valence-electron chi connectivity index (χ0n) is 14.5. The number of ether oxygens (including phenoxy) is 1. The summed E-state index contributed by atoms with van der Waals surface area (Å²) in [4.78, 5) is 12.6. The highest BCUT2D eigenvalue weighted by Gasteiger charge is 2.48. The molecule has 2 unspecified atom stereocenters. The molecule has 1 aliphatic carbocycles. The van der Waals surface area contributed by atoms with Crippen molar-refractivity contribution in [3.05, 3.63) is 29.3 Å². The third kappa shape index (κ3) is 3.78. The van der Waals surface area contributed by atoms with Gasteiger partial charge < -0.3 is 20.5 Å². The molecule has 2 amide bonds. The second-order valence-electron chi connectivity index (χ2n) is 7.20. The molecule has 0 bridgehead atoms. The minimum atomic E-state index is -0.324. The lowest BCUT2D eigenvalue weighted by molar-refractivity contribution is -0.0460. The predicted molar refractivity (Wildman–Crippen MR) is 94.2 cm³/mol. The van der Waals surface area contributed by atoms with Gasteiger partial charge in [0.15, 0.2) is 0 Å². The van der Waals surface area contributed by atoms with E-state index in [2.05, 4.69) is 16.7 Å². The van der Waals surface area contributed by atoms with Gasteiger partial charge in [-0.3, -0.25) is 0 Å². The van der Waals surface area contributed by atoms with Crippen molar-refractivity contribution in [2.45, 2.75) is 51.2 Å². The first-order chi connectivity index (χ1) is 12.1. The standard InChI is InChI=1S/C19H25N3O3/c1-13-8-14(11-20)10-15(9-13)21-18(24)22-17(16-4-2-7-25-16)19(12-23)5-3-6-19/h8-10,16-17,23H,2-7,12H2,1H3,(H2,21,22,24). The number of hydrogen-bond acceptors (Lipinski definition) is 4. The highest BCUT2D eigenvalue weighted by Crippen LogP contribution is 2.46. The van der Waals surface area contributed by atoms with Crippen molar-refractivity contribution >= 4 is 11.7 Å². The van der Waals surface area contributed by atoms with Gasteiger partial charge in [0.25, 0.3) is 0 Å². The molecular formula is C19H25N3O3. The lowest BCUT2D eigenvalue weighted by Gasteiger charge is -2.48. The van der Waals surface area contributed by atoms with Crippen LogP contribution in [0.2, 0.25) is 0 Å². The monoisotopic (exact) mass is 343 g/mol. The summed E-state index contributed by atoms with van der Waals surface area (Å²) < 4.78 is 5.81. The number of nitriles is 1. The van der Waals surface area contributed by atoms with Gasteiger partial charge >= 0.3 is 6.03 Å². The third-order valence-electron chi connectivity index (χ3n) is 5.41. The first-order valence-electron chi connectivity index (χ1n) is 8.88. The van der Waals surface area contributed by atoms with E-state index in [1.54, 1.807) is 12.1 Å². The molecule has 6 nitrogen and oxygen atoms in total. The molecule has 1 saturated heterocycles. The number of aryl methyl sites for hydroxylation is 1. The summed E-state index contributed by atoms with van der Waals surface area (Å²) in [6.45, 7) is 2.64. The molecule has 2 atom stereocenters. The zero-order chi connectivity index (χ0) is 17.9. The second kappa shape index (κ2) is 7.42. The molecular weight excluding hydrogens is 318 g/mol. The van der Waals surface area contributed by atoms with Gasteiger partial charge in [-0.05, 0) is 56.4 Å². The van der Waals surface area contributed by atoms with Gasteiger partial charge in [0.1, 0.15) is 0 Å². The van der Waals surface area contributed by atoms with E-state index < -0.39 is 0 Å². The van der Waals surface area contributed by atoms with Crippen LogP contribution in [-0.4, -0.2) is 36.5 Å². The number of amides is 2. The summed E-state index contributed by atoms with van der Waals surface area (Å²) in [5.74, 6) is 0. The van der Waals surface area contributed by atoms with Crippen LogP contribution in [0.25, 0.3) is 0 Å². The molecule has 0 spiro atoms. The molecule has 0 aromatic heterocycles. The normalized spacial score (nSPS) is 22.5. The molecule has 3 N–H and O–H groups in total. The van der Waals surface area contributed by atoms with Crippen LogP contribution in [-0.2, 0) is 4.74 Å². The maximum absolute atomic E-state index is 12.6. The van der Waals surface area contributed by atoms with E-state index in [4.69, 9.17) is 10.00 Å². The van der Waals surface area contributed by atoms with Crippen LogP contribution in [0.4, 0.5) is 10.5 Å². The molecule has 2 aliphatic rings. The number of nitrogens with zero attached hydrogens (tertiary/aromatic N) is 1. The number of carbonyl (C=O) groups excluding carboxylic acids is 1. The second-order valence-corrected chi connectivity index (χ2v) is 7.20. The minimum Gasteiger partial charge on any atom is -0.396 e. The SMILES string of the molecule is Cc1cc(C#N)cc(NC(=O)NC(C2CCCO2)C2(CO)CCC2)c1. The highest BCUT2D eigenvalue weighted by molar-refractivity contribution is 5.89. The number of nitrogens with one attached hydrogen (secondary N) is 2. The topological polar surface area (TPSA) is 94.4 Å². The predicted octanol–water partition coefficient (Wildman–Crippen LogP) is 2.70. The molecule has 25 heavy (non-hydrogen) atoms. The largest absolute Gasteiger partial charge is 0.396 e. The first kappa shape index (κ1) is 17.7. The fourth-order valence-corrected chi connectivity index (χ4v) is 3.93. The Morgan fingerprint density at radius 1 is 1.44 bits per heavy atom. The molecule has 1 aliphatic heterocycles. The van der Waals surface area contributed by atoms with Gasteiger partial charge in [-0.25, -0.2) is 4.79 Å². The molecule has 1 aromatic carbocycles. The number of aliphatic hydroxyl groups excluding tert-OH is 1. The number of hydrogen-bond donors (Lipinski definition) is 3. The average molecular weight is 343 g/mol. The van der Waals surface area contributed by atoms with Gasteiger partial charge in [-0.15, -0.1) is 0 Å².